The molecular formula is C17H29N5O. The number of carbonyl (C=O) groups excluding carboxylic acids is 1. The van der Waals surface area contributed by atoms with Gasteiger partial charge in [-0.2, -0.15) is 5.10 Å². The Morgan fingerprint density at radius 2 is 2.13 bits per heavy atom. The number of nitrogens with one attached hydrogen (secondary N) is 2. The largest absolute Gasteiger partial charge is 0.353 e. The molecule has 3 rings (SSSR count). The van der Waals surface area contributed by atoms with Gasteiger partial charge >= 0.3 is 0 Å². The molecule has 6 nitrogen and oxygen atoms in total. The maximum Gasteiger partial charge on any atom is 0.222 e. The SMILES string of the molecule is CC(C)CC(=O)N1CCCC(c2cc(N3CCNCC3)n[nH]2)C1. The van der Waals surface area contributed by atoms with Gasteiger partial charge in [0, 0.05) is 63.4 Å². The summed E-state index contributed by atoms with van der Waals surface area (Å²) in [6, 6.07) is 2.19. The molecule has 2 aliphatic rings. The Balaban J connectivity index is 1.62. The highest BCUT2D eigenvalue weighted by Gasteiger charge is 2.26. The standard InChI is InChI=1S/C17H29N5O/c1-13(2)10-17(23)22-7-3-4-14(12-22)15-11-16(20-19-15)21-8-5-18-6-9-21/h11,13-14,18H,3-10,12H2,1-2H3,(H,19,20). The summed E-state index contributed by atoms with van der Waals surface area (Å²) in [7, 11) is 0. The van der Waals surface area contributed by atoms with Crippen molar-refractivity contribution in [3.05, 3.63) is 11.8 Å². The minimum absolute atomic E-state index is 0.298. The van der Waals surface area contributed by atoms with E-state index in [0.717, 1.165) is 57.9 Å². The normalized spacial score (nSPS) is 22.7. The lowest BCUT2D eigenvalue weighted by Gasteiger charge is -2.32. The van der Waals surface area contributed by atoms with Gasteiger partial charge in [-0.25, -0.2) is 0 Å². The topological polar surface area (TPSA) is 64.3 Å². The molecule has 23 heavy (non-hydrogen) atoms. The quantitative estimate of drug-likeness (QED) is 0.884. The van der Waals surface area contributed by atoms with Crippen LogP contribution >= 0.6 is 0 Å². The van der Waals surface area contributed by atoms with E-state index in [-0.39, 0.29) is 0 Å². The lowest BCUT2D eigenvalue weighted by Crippen LogP contribution is -2.43. The molecule has 1 aromatic heterocycles. The van der Waals surface area contributed by atoms with E-state index in [1.807, 2.05) is 4.90 Å². The van der Waals surface area contributed by atoms with Crippen LogP contribution in [0.3, 0.4) is 0 Å². The van der Waals surface area contributed by atoms with Gasteiger partial charge in [-0.15, -0.1) is 0 Å². The van der Waals surface area contributed by atoms with Gasteiger partial charge in [0.25, 0.3) is 0 Å². The van der Waals surface area contributed by atoms with Crippen molar-refractivity contribution in [2.75, 3.05) is 44.2 Å². The lowest BCUT2D eigenvalue weighted by atomic mass is 9.94. The molecule has 3 heterocycles. The molecule has 1 atom stereocenters. The van der Waals surface area contributed by atoms with Crippen molar-refractivity contribution in [3.8, 4) is 0 Å². The van der Waals surface area contributed by atoms with Crippen molar-refractivity contribution in [2.24, 2.45) is 5.92 Å². The molecule has 0 aromatic carbocycles. The number of piperazine rings is 1. The number of H-pyrrole nitrogens is 1. The lowest BCUT2D eigenvalue weighted by molar-refractivity contribution is -0.133. The fourth-order valence-electron chi connectivity index (χ4n) is 3.53. The van der Waals surface area contributed by atoms with Gasteiger partial charge in [-0.05, 0) is 18.8 Å². The van der Waals surface area contributed by atoms with E-state index >= 15 is 0 Å². The van der Waals surface area contributed by atoms with Gasteiger partial charge in [0.2, 0.25) is 5.91 Å². The fourth-order valence-corrected chi connectivity index (χ4v) is 3.53. The molecule has 128 valence electrons. The van der Waals surface area contributed by atoms with Crippen molar-refractivity contribution in [3.63, 3.8) is 0 Å². The average molecular weight is 319 g/mol. The van der Waals surface area contributed by atoms with E-state index in [1.54, 1.807) is 0 Å². The Kier molecular flexibility index (Phi) is 5.20. The first-order valence-corrected chi connectivity index (χ1v) is 8.92. The van der Waals surface area contributed by atoms with Crippen molar-refractivity contribution in [1.82, 2.24) is 20.4 Å². The van der Waals surface area contributed by atoms with Crippen LogP contribution < -0.4 is 10.2 Å². The third-order valence-electron chi connectivity index (χ3n) is 4.82. The fraction of sp³-hybridized carbons (Fsp3) is 0.765. The molecule has 2 N–H and O–H groups in total. The van der Waals surface area contributed by atoms with Crippen LogP contribution in [-0.2, 0) is 4.79 Å². The number of hydrogen-bond acceptors (Lipinski definition) is 4. The molecule has 2 aliphatic heterocycles. The van der Waals surface area contributed by atoms with Crippen LogP contribution in [0.1, 0.15) is 44.7 Å². The van der Waals surface area contributed by atoms with E-state index in [9.17, 15) is 4.79 Å². The van der Waals surface area contributed by atoms with Crippen LogP contribution in [0.25, 0.3) is 0 Å². The molecule has 0 bridgehead atoms. The summed E-state index contributed by atoms with van der Waals surface area (Å²) in [6.07, 6.45) is 2.87. The highest BCUT2D eigenvalue weighted by molar-refractivity contribution is 5.76. The first kappa shape index (κ1) is 16.3. The number of aromatic amines is 1. The summed E-state index contributed by atoms with van der Waals surface area (Å²) in [6.45, 7) is 9.99. The smallest absolute Gasteiger partial charge is 0.222 e. The van der Waals surface area contributed by atoms with Crippen LogP contribution in [0.4, 0.5) is 5.82 Å². The molecule has 0 radical (unpaired) electrons. The first-order chi connectivity index (χ1) is 11.1. The van der Waals surface area contributed by atoms with E-state index in [1.165, 1.54) is 5.69 Å². The van der Waals surface area contributed by atoms with Crippen LogP contribution in [0, 0.1) is 5.92 Å². The van der Waals surface area contributed by atoms with E-state index in [0.29, 0.717) is 24.2 Å². The maximum absolute atomic E-state index is 12.3. The average Bonchev–Trinajstić information content (AvgIpc) is 3.05. The number of hydrogen-bond donors (Lipinski definition) is 2. The number of nitrogens with zero attached hydrogens (tertiary/aromatic N) is 3. The second-order valence-corrected chi connectivity index (χ2v) is 7.20. The number of carbonyl (C=O) groups is 1. The van der Waals surface area contributed by atoms with E-state index in [2.05, 4.69) is 40.3 Å². The summed E-state index contributed by atoms with van der Waals surface area (Å²) < 4.78 is 0. The van der Waals surface area contributed by atoms with Gasteiger partial charge in [0.05, 0.1) is 0 Å². The van der Waals surface area contributed by atoms with Gasteiger partial charge < -0.3 is 15.1 Å². The number of rotatable bonds is 4. The van der Waals surface area contributed by atoms with E-state index in [4.69, 9.17) is 0 Å². The second kappa shape index (κ2) is 7.34. The molecule has 0 saturated carbocycles. The zero-order valence-corrected chi connectivity index (χ0v) is 14.3. The number of anilines is 1. The number of aromatic nitrogens is 2. The van der Waals surface area contributed by atoms with Crippen LogP contribution in [0.5, 0.6) is 0 Å². The first-order valence-electron chi connectivity index (χ1n) is 8.92. The van der Waals surface area contributed by atoms with Crippen LogP contribution in [0.2, 0.25) is 0 Å². The minimum Gasteiger partial charge on any atom is -0.353 e. The van der Waals surface area contributed by atoms with Gasteiger partial charge in [0.15, 0.2) is 5.82 Å². The molecule has 1 aromatic rings. The molecule has 6 heteroatoms. The molecule has 0 aliphatic carbocycles. The summed E-state index contributed by atoms with van der Waals surface area (Å²) >= 11 is 0. The molecular weight excluding hydrogens is 290 g/mol. The Bertz CT molecular complexity index is 521. The van der Waals surface area contributed by atoms with Gasteiger partial charge in [-0.1, -0.05) is 13.8 Å². The van der Waals surface area contributed by atoms with Crippen molar-refractivity contribution >= 4 is 11.7 Å². The highest BCUT2D eigenvalue weighted by Crippen LogP contribution is 2.28. The Morgan fingerprint density at radius 3 is 2.87 bits per heavy atom. The third kappa shape index (κ3) is 4.05. The Morgan fingerprint density at radius 1 is 1.35 bits per heavy atom. The van der Waals surface area contributed by atoms with Gasteiger partial charge in [0.1, 0.15) is 0 Å². The number of piperidine rings is 1. The minimum atomic E-state index is 0.298. The van der Waals surface area contributed by atoms with E-state index < -0.39 is 0 Å². The molecule has 0 spiro atoms. The van der Waals surface area contributed by atoms with Crippen molar-refractivity contribution in [1.29, 1.82) is 0 Å². The maximum atomic E-state index is 12.3. The summed E-state index contributed by atoms with van der Waals surface area (Å²) in [5.74, 6) is 2.16. The molecule has 1 unspecified atom stereocenters. The zero-order valence-electron chi connectivity index (χ0n) is 14.3. The third-order valence-corrected chi connectivity index (χ3v) is 4.82. The summed E-state index contributed by atoms with van der Waals surface area (Å²) in [5, 5.41) is 11.1. The van der Waals surface area contributed by atoms with Crippen molar-refractivity contribution < 1.29 is 4.79 Å². The zero-order chi connectivity index (χ0) is 16.2. The Labute approximate surface area is 138 Å². The molecule has 2 fully saturated rings. The number of amides is 1. The Hall–Kier alpha value is -1.56. The van der Waals surface area contributed by atoms with Crippen molar-refractivity contribution in [2.45, 2.75) is 39.0 Å². The van der Waals surface area contributed by atoms with Crippen LogP contribution in [0.15, 0.2) is 6.07 Å². The highest BCUT2D eigenvalue weighted by atomic mass is 16.2. The second-order valence-electron chi connectivity index (χ2n) is 7.20. The van der Waals surface area contributed by atoms with Crippen LogP contribution in [-0.4, -0.2) is 60.3 Å². The monoisotopic (exact) mass is 319 g/mol. The van der Waals surface area contributed by atoms with Gasteiger partial charge in [-0.3, -0.25) is 9.89 Å². The molecule has 2 saturated heterocycles. The predicted molar refractivity (Wildman–Crippen MR) is 91.7 cm³/mol. The summed E-state index contributed by atoms with van der Waals surface area (Å²) in [5.41, 5.74) is 1.18. The summed E-state index contributed by atoms with van der Waals surface area (Å²) in [4.78, 5) is 16.7. The number of likely N-dealkylation sites (tertiary alicyclic amines) is 1. The predicted octanol–water partition coefficient (Wildman–Crippen LogP) is 1.57. The molecule has 1 amide bonds.